The van der Waals surface area contributed by atoms with Crippen LogP contribution in [0.4, 0.5) is 16.2 Å². The Labute approximate surface area is 151 Å². The average Bonchev–Trinajstić information content (AvgIpc) is 2.70. The van der Waals surface area contributed by atoms with Gasteiger partial charge in [0.1, 0.15) is 12.4 Å². The quantitative estimate of drug-likeness (QED) is 0.647. The largest absolute Gasteiger partial charge is 0.497 e. The number of rotatable bonds is 3. The highest BCUT2D eigenvalue weighted by atomic mass is 16.6. The second kappa shape index (κ2) is 6.80. The van der Waals surface area contributed by atoms with Crippen LogP contribution in [-0.2, 0) is 11.3 Å². The summed E-state index contributed by atoms with van der Waals surface area (Å²) in [6.07, 6.45) is -0.455. The molecule has 0 aromatic heterocycles. The molecule has 0 aliphatic carbocycles. The Balaban J connectivity index is 1.59. The lowest BCUT2D eigenvalue weighted by atomic mass is 10.2. The fourth-order valence-corrected chi connectivity index (χ4v) is 2.83. The Morgan fingerprint density at radius 2 is 1.46 bits per heavy atom. The van der Waals surface area contributed by atoms with Crippen molar-refractivity contribution in [2.24, 2.45) is 0 Å². The zero-order valence-corrected chi connectivity index (χ0v) is 14.2. The van der Waals surface area contributed by atoms with E-state index < -0.39 is 6.09 Å². The molecule has 0 N–H and O–H groups in total. The van der Waals surface area contributed by atoms with E-state index in [-0.39, 0.29) is 6.61 Å². The minimum absolute atomic E-state index is 0.171. The van der Waals surface area contributed by atoms with Crippen LogP contribution in [0.15, 0.2) is 72.8 Å². The molecular formula is C21H17NO4. The smallest absolute Gasteiger partial charge is 0.419 e. The van der Waals surface area contributed by atoms with Crippen molar-refractivity contribution in [1.82, 2.24) is 0 Å². The molecule has 0 saturated carbocycles. The summed E-state index contributed by atoms with van der Waals surface area (Å²) >= 11 is 0. The van der Waals surface area contributed by atoms with Crippen LogP contribution in [0, 0.1) is 0 Å². The lowest BCUT2D eigenvalue weighted by molar-refractivity contribution is 0.149. The molecule has 1 amide bonds. The van der Waals surface area contributed by atoms with Gasteiger partial charge in [0.2, 0.25) is 0 Å². The molecule has 3 aromatic carbocycles. The van der Waals surface area contributed by atoms with E-state index >= 15 is 0 Å². The number of para-hydroxylation sites is 4. The topological polar surface area (TPSA) is 48.0 Å². The number of carbonyl (C=O) groups is 1. The summed E-state index contributed by atoms with van der Waals surface area (Å²) in [6, 6.07) is 22.2. The predicted molar refractivity (Wildman–Crippen MR) is 98.3 cm³/mol. The third-order valence-corrected chi connectivity index (χ3v) is 4.14. The van der Waals surface area contributed by atoms with Gasteiger partial charge in [-0.1, -0.05) is 36.4 Å². The predicted octanol–water partition coefficient (Wildman–Crippen LogP) is 5.28. The van der Waals surface area contributed by atoms with Crippen LogP contribution in [-0.4, -0.2) is 13.2 Å². The molecule has 4 rings (SSSR count). The average molecular weight is 347 g/mol. The van der Waals surface area contributed by atoms with E-state index in [1.807, 2.05) is 72.8 Å². The van der Waals surface area contributed by atoms with E-state index in [4.69, 9.17) is 14.2 Å². The number of amides is 1. The number of anilines is 2. The number of hydrogen-bond acceptors (Lipinski definition) is 4. The van der Waals surface area contributed by atoms with E-state index in [0.717, 1.165) is 11.3 Å². The van der Waals surface area contributed by atoms with Crippen LogP contribution in [0.25, 0.3) is 0 Å². The molecule has 0 radical (unpaired) electrons. The second-order valence-electron chi connectivity index (χ2n) is 5.78. The Kier molecular flexibility index (Phi) is 4.19. The number of hydrogen-bond donors (Lipinski definition) is 0. The highest BCUT2D eigenvalue weighted by Gasteiger charge is 2.29. The summed E-state index contributed by atoms with van der Waals surface area (Å²) in [7, 11) is 1.61. The number of carbonyl (C=O) groups excluding carboxylic acids is 1. The number of nitrogens with zero attached hydrogens (tertiary/aromatic N) is 1. The molecule has 130 valence electrons. The van der Waals surface area contributed by atoms with Crippen molar-refractivity contribution in [3.05, 3.63) is 78.4 Å². The first-order chi connectivity index (χ1) is 12.8. The first-order valence-corrected chi connectivity index (χ1v) is 8.22. The molecule has 0 bridgehead atoms. The van der Waals surface area contributed by atoms with E-state index in [1.54, 1.807) is 7.11 Å². The van der Waals surface area contributed by atoms with Gasteiger partial charge in [-0.3, -0.25) is 0 Å². The number of fused-ring (bicyclic) bond motifs is 2. The van der Waals surface area contributed by atoms with Crippen LogP contribution in [0.3, 0.4) is 0 Å². The van der Waals surface area contributed by atoms with Crippen molar-refractivity contribution in [1.29, 1.82) is 0 Å². The summed E-state index contributed by atoms with van der Waals surface area (Å²) in [5.41, 5.74) is 2.20. The van der Waals surface area contributed by atoms with Crippen molar-refractivity contribution in [2.45, 2.75) is 6.61 Å². The van der Waals surface area contributed by atoms with Crippen LogP contribution in [0.5, 0.6) is 17.2 Å². The zero-order valence-electron chi connectivity index (χ0n) is 14.2. The second-order valence-corrected chi connectivity index (χ2v) is 5.78. The zero-order chi connectivity index (χ0) is 17.9. The Morgan fingerprint density at radius 1 is 0.885 bits per heavy atom. The first-order valence-electron chi connectivity index (χ1n) is 8.22. The molecular weight excluding hydrogens is 330 g/mol. The van der Waals surface area contributed by atoms with Gasteiger partial charge in [-0.15, -0.1) is 0 Å². The van der Waals surface area contributed by atoms with E-state index in [2.05, 4.69) is 0 Å². The minimum atomic E-state index is -0.455. The Bertz CT molecular complexity index is 891. The fraction of sp³-hybridized carbons (Fsp3) is 0.0952. The molecule has 5 heteroatoms. The molecule has 0 saturated heterocycles. The lowest BCUT2D eigenvalue weighted by Crippen LogP contribution is -2.29. The Hall–Kier alpha value is -3.47. The molecule has 0 atom stereocenters. The SMILES string of the molecule is COc1ccc(COC(=O)N2c3ccccc3Oc3ccccc32)cc1. The molecule has 0 spiro atoms. The summed E-state index contributed by atoms with van der Waals surface area (Å²) in [5, 5.41) is 0. The van der Waals surface area contributed by atoms with Gasteiger partial charge in [-0.05, 0) is 42.0 Å². The van der Waals surface area contributed by atoms with Gasteiger partial charge >= 0.3 is 6.09 Å². The van der Waals surface area contributed by atoms with E-state index in [9.17, 15) is 4.79 Å². The Morgan fingerprint density at radius 3 is 2.04 bits per heavy atom. The monoisotopic (exact) mass is 347 g/mol. The highest BCUT2D eigenvalue weighted by Crippen LogP contribution is 2.46. The van der Waals surface area contributed by atoms with Crippen LogP contribution in [0.2, 0.25) is 0 Å². The minimum Gasteiger partial charge on any atom is -0.497 e. The maximum Gasteiger partial charge on any atom is 0.419 e. The first kappa shape index (κ1) is 16.0. The van der Waals surface area contributed by atoms with Gasteiger partial charge in [0.05, 0.1) is 18.5 Å². The van der Waals surface area contributed by atoms with Gasteiger partial charge in [0.15, 0.2) is 11.5 Å². The van der Waals surface area contributed by atoms with Gasteiger partial charge in [-0.25, -0.2) is 9.69 Å². The molecule has 5 nitrogen and oxygen atoms in total. The molecule has 1 heterocycles. The fourth-order valence-electron chi connectivity index (χ4n) is 2.83. The number of methoxy groups -OCH3 is 1. The standard InChI is InChI=1S/C21H17NO4/c1-24-16-12-10-15(11-13-16)14-25-21(23)22-17-6-2-4-8-19(17)26-20-9-5-3-7-18(20)22/h2-13H,14H2,1H3. The third kappa shape index (κ3) is 2.95. The molecule has 26 heavy (non-hydrogen) atoms. The van der Waals surface area contributed by atoms with Crippen LogP contribution >= 0.6 is 0 Å². The molecule has 1 aliphatic heterocycles. The summed E-state index contributed by atoms with van der Waals surface area (Å²) in [4.78, 5) is 14.4. The van der Waals surface area contributed by atoms with Gasteiger partial charge in [0, 0.05) is 0 Å². The van der Waals surface area contributed by atoms with Gasteiger partial charge in [-0.2, -0.15) is 0 Å². The van der Waals surface area contributed by atoms with Crippen LogP contribution < -0.4 is 14.4 Å². The van der Waals surface area contributed by atoms with Crippen molar-refractivity contribution in [3.8, 4) is 17.2 Å². The van der Waals surface area contributed by atoms with Crippen LogP contribution in [0.1, 0.15) is 5.56 Å². The normalized spacial score (nSPS) is 11.8. The maximum atomic E-state index is 12.8. The highest BCUT2D eigenvalue weighted by molar-refractivity contribution is 6.00. The van der Waals surface area contributed by atoms with E-state index in [0.29, 0.717) is 22.9 Å². The van der Waals surface area contributed by atoms with Crippen molar-refractivity contribution in [3.63, 3.8) is 0 Å². The summed E-state index contributed by atoms with van der Waals surface area (Å²) < 4.78 is 16.6. The molecule has 3 aromatic rings. The number of ether oxygens (including phenoxy) is 3. The summed E-state index contributed by atoms with van der Waals surface area (Å²) in [6.45, 7) is 0.171. The molecule has 0 unspecified atom stereocenters. The van der Waals surface area contributed by atoms with Crippen molar-refractivity contribution in [2.75, 3.05) is 12.0 Å². The number of benzene rings is 3. The van der Waals surface area contributed by atoms with Crippen molar-refractivity contribution >= 4 is 17.5 Å². The summed E-state index contributed by atoms with van der Waals surface area (Å²) in [5.74, 6) is 2.00. The maximum absolute atomic E-state index is 12.8. The van der Waals surface area contributed by atoms with Crippen molar-refractivity contribution < 1.29 is 19.0 Å². The van der Waals surface area contributed by atoms with E-state index in [1.165, 1.54) is 4.90 Å². The molecule has 0 fully saturated rings. The van der Waals surface area contributed by atoms with Gasteiger partial charge in [0.25, 0.3) is 0 Å². The van der Waals surface area contributed by atoms with Gasteiger partial charge < -0.3 is 14.2 Å². The third-order valence-electron chi connectivity index (χ3n) is 4.14. The lowest BCUT2D eigenvalue weighted by Gasteiger charge is -2.30. The molecule has 1 aliphatic rings.